The molecule has 0 radical (unpaired) electrons. The molecule has 0 atom stereocenters. The van der Waals surface area contributed by atoms with E-state index in [2.05, 4.69) is 15.3 Å². The zero-order chi connectivity index (χ0) is 19.7. The summed E-state index contributed by atoms with van der Waals surface area (Å²) in [6.07, 6.45) is 4.89. The average molecular weight is 377 g/mol. The SMILES string of the molecule is Cc1nccn1-c1ccc(CNc2ccc3ncccc3c2[N+](=O)[O-])cc1F. The molecular formula is C20H16FN5O2. The van der Waals surface area contributed by atoms with Crippen LogP contribution in [0.1, 0.15) is 11.4 Å². The van der Waals surface area contributed by atoms with Crippen LogP contribution >= 0.6 is 0 Å². The first kappa shape index (κ1) is 17.6. The lowest BCUT2D eigenvalue weighted by Gasteiger charge is -2.11. The van der Waals surface area contributed by atoms with Gasteiger partial charge in [0.25, 0.3) is 0 Å². The number of fused-ring (bicyclic) bond motifs is 1. The number of hydrogen-bond acceptors (Lipinski definition) is 5. The van der Waals surface area contributed by atoms with Crippen LogP contribution in [0.5, 0.6) is 0 Å². The van der Waals surface area contributed by atoms with Gasteiger partial charge in [-0.1, -0.05) is 6.07 Å². The maximum absolute atomic E-state index is 14.5. The first-order valence-corrected chi connectivity index (χ1v) is 8.59. The number of aromatic nitrogens is 3. The monoisotopic (exact) mass is 377 g/mol. The summed E-state index contributed by atoms with van der Waals surface area (Å²) in [5.74, 6) is 0.294. The summed E-state index contributed by atoms with van der Waals surface area (Å²) in [7, 11) is 0. The number of aryl methyl sites for hydroxylation is 1. The molecule has 0 bridgehead atoms. The Morgan fingerprint density at radius 3 is 2.75 bits per heavy atom. The number of rotatable bonds is 5. The van der Waals surface area contributed by atoms with Crippen molar-refractivity contribution in [2.24, 2.45) is 0 Å². The first-order valence-electron chi connectivity index (χ1n) is 8.59. The molecule has 8 heteroatoms. The van der Waals surface area contributed by atoms with Gasteiger partial charge in [-0.25, -0.2) is 9.37 Å². The fraction of sp³-hybridized carbons (Fsp3) is 0.100. The number of hydrogen-bond donors (Lipinski definition) is 1. The third kappa shape index (κ3) is 3.16. The number of nitro groups is 1. The van der Waals surface area contributed by atoms with Gasteiger partial charge < -0.3 is 9.88 Å². The van der Waals surface area contributed by atoms with E-state index in [0.29, 0.717) is 33.7 Å². The molecule has 2 aromatic carbocycles. The molecule has 0 aliphatic carbocycles. The quantitative estimate of drug-likeness (QED) is 0.412. The highest BCUT2D eigenvalue weighted by Gasteiger charge is 2.19. The standard InChI is InChI=1S/C20H16FN5O2/c1-13-22-9-10-25(13)19-7-4-14(11-16(19)21)12-24-18-6-5-17-15(3-2-8-23-17)20(18)26(27)28/h2-11,24H,12H2,1H3. The van der Waals surface area contributed by atoms with E-state index < -0.39 is 10.7 Å². The second-order valence-electron chi connectivity index (χ2n) is 6.27. The van der Waals surface area contributed by atoms with E-state index in [4.69, 9.17) is 0 Å². The molecule has 0 amide bonds. The summed E-state index contributed by atoms with van der Waals surface area (Å²) >= 11 is 0. The molecule has 28 heavy (non-hydrogen) atoms. The predicted octanol–water partition coefficient (Wildman–Crippen LogP) is 4.39. The normalized spacial score (nSPS) is 10.9. The molecule has 0 aliphatic rings. The minimum atomic E-state index is -0.433. The molecule has 0 unspecified atom stereocenters. The zero-order valence-corrected chi connectivity index (χ0v) is 15.0. The van der Waals surface area contributed by atoms with Gasteiger partial charge in [0.05, 0.1) is 21.5 Å². The van der Waals surface area contributed by atoms with E-state index in [1.54, 1.807) is 66.5 Å². The molecule has 0 aliphatic heterocycles. The number of imidazole rings is 1. The second kappa shape index (κ2) is 7.07. The predicted molar refractivity (Wildman–Crippen MR) is 104 cm³/mol. The van der Waals surface area contributed by atoms with Crippen LogP contribution in [0.2, 0.25) is 0 Å². The third-order valence-corrected chi connectivity index (χ3v) is 4.52. The van der Waals surface area contributed by atoms with Crippen molar-refractivity contribution >= 4 is 22.3 Å². The van der Waals surface area contributed by atoms with Gasteiger partial charge in [0, 0.05) is 25.1 Å². The number of benzene rings is 2. The van der Waals surface area contributed by atoms with Crippen molar-refractivity contribution in [3.05, 3.63) is 88.4 Å². The van der Waals surface area contributed by atoms with E-state index in [-0.39, 0.29) is 12.2 Å². The molecule has 0 saturated carbocycles. The van der Waals surface area contributed by atoms with Crippen LogP contribution in [-0.2, 0) is 6.54 Å². The summed E-state index contributed by atoms with van der Waals surface area (Å²) < 4.78 is 16.2. The molecule has 2 heterocycles. The highest BCUT2D eigenvalue weighted by molar-refractivity contribution is 5.94. The number of nitro benzene ring substituents is 1. The van der Waals surface area contributed by atoms with Crippen LogP contribution in [0, 0.1) is 22.9 Å². The fourth-order valence-corrected chi connectivity index (χ4v) is 3.16. The van der Waals surface area contributed by atoms with Gasteiger partial charge in [-0.3, -0.25) is 15.1 Å². The summed E-state index contributed by atoms with van der Waals surface area (Å²) in [5, 5.41) is 15.1. The second-order valence-corrected chi connectivity index (χ2v) is 6.27. The summed E-state index contributed by atoms with van der Waals surface area (Å²) in [6.45, 7) is 2.04. The molecule has 0 saturated heterocycles. The van der Waals surface area contributed by atoms with E-state index in [1.807, 2.05) is 0 Å². The van der Waals surface area contributed by atoms with Crippen LogP contribution in [0.15, 0.2) is 61.1 Å². The number of pyridine rings is 1. The van der Waals surface area contributed by atoms with Gasteiger partial charge in [0.2, 0.25) is 0 Å². The average Bonchev–Trinajstić information content (AvgIpc) is 3.11. The molecule has 140 valence electrons. The minimum Gasteiger partial charge on any atom is -0.375 e. The van der Waals surface area contributed by atoms with E-state index >= 15 is 0 Å². The van der Waals surface area contributed by atoms with E-state index in [0.717, 1.165) is 0 Å². The lowest BCUT2D eigenvalue weighted by atomic mass is 10.1. The maximum Gasteiger partial charge on any atom is 0.301 e. The molecule has 0 fully saturated rings. The summed E-state index contributed by atoms with van der Waals surface area (Å²) in [4.78, 5) is 19.4. The first-order chi connectivity index (χ1) is 13.5. The van der Waals surface area contributed by atoms with E-state index in [9.17, 15) is 14.5 Å². The van der Waals surface area contributed by atoms with Crippen LogP contribution in [0.25, 0.3) is 16.6 Å². The molecule has 1 N–H and O–H groups in total. The Morgan fingerprint density at radius 1 is 1.18 bits per heavy atom. The lowest BCUT2D eigenvalue weighted by Crippen LogP contribution is -2.05. The van der Waals surface area contributed by atoms with E-state index in [1.165, 1.54) is 6.07 Å². The van der Waals surface area contributed by atoms with Gasteiger partial charge in [0.1, 0.15) is 17.3 Å². The zero-order valence-electron chi connectivity index (χ0n) is 15.0. The van der Waals surface area contributed by atoms with Crippen LogP contribution < -0.4 is 5.32 Å². The summed E-state index contributed by atoms with van der Waals surface area (Å²) in [5.41, 5.74) is 1.93. The van der Waals surface area contributed by atoms with Crippen molar-refractivity contribution in [1.82, 2.24) is 14.5 Å². The van der Waals surface area contributed by atoms with Crippen molar-refractivity contribution in [3.8, 4) is 5.69 Å². The number of nitrogens with zero attached hydrogens (tertiary/aromatic N) is 4. The number of anilines is 1. The van der Waals surface area contributed by atoms with Crippen molar-refractivity contribution in [3.63, 3.8) is 0 Å². The molecule has 2 aromatic heterocycles. The molecule has 4 rings (SSSR count). The van der Waals surface area contributed by atoms with Crippen LogP contribution in [-0.4, -0.2) is 19.5 Å². The molecule has 7 nitrogen and oxygen atoms in total. The van der Waals surface area contributed by atoms with Gasteiger partial charge in [-0.05, 0) is 48.9 Å². The van der Waals surface area contributed by atoms with Gasteiger partial charge in [0.15, 0.2) is 0 Å². The van der Waals surface area contributed by atoms with Gasteiger partial charge in [-0.15, -0.1) is 0 Å². The largest absolute Gasteiger partial charge is 0.375 e. The van der Waals surface area contributed by atoms with Crippen molar-refractivity contribution < 1.29 is 9.31 Å². The highest BCUT2D eigenvalue weighted by Crippen LogP contribution is 2.32. The third-order valence-electron chi connectivity index (χ3n) is 4.52. The number of nitrogens with one attached hydrogen (secondary N) is 1. The number of halogens is 1. The Labute approximate surface area is 159 Å². The minimum absolute atomic E-state index is 0.0447. The van der Waals surface area contributed by atoms with Crippen LogP contribution in [0.3, 0.4) is 0 Å². The molecule has 4 aromatic rings. The van der Waals surface area contributed by atoms with Crippen LogP contribution in [0.4, 0.5) is 15.8 Å². The van der Waals surface area contributed by atoms with Crippen molar-refractivity contribution in [1.29, 1.82) is 0 Å². The topological polar surface area (TPSA) is 85.9 Å². The van der Waals surface area contributed by atoms with Crippen molar-refractivity contribution in [2.45, 2.75) is 13.5 Å². The Balaban J connectivity index is 1.62. The Bertz CT molecular complexity index is 1190. The molecular weight excluding hydrogens is 361 g/mol. The van der Waals surface area contributed by atoms with Gasteiger partial charge in [-0.2, -0.15) is 0 Å². The Hall–Kier alpha value is -3.81. The maximum atomic E-state index is 14.5. The lowest BCUT2D eigenvalue weighted by molar-refractivity contribution is -0.382. The molecule has 0 spiro atoms. The Morgan fingerprint density at radius 2 is 2.04 bits per heavy atom. The summed E-state index contributed by atoms with van der Waals surface area (Å²) in [6, 6.07) is 11.5. The van der Waals surface area contributed by atoms with Gasteiger partial charge >= 0.3 is 5.69 Å². The smallest absolute Gasteiger partial charge is 0.301 e. The highest BCUT2D eigenvalue weighted by atomic mass is 19.1. The fourth-order valence-electron chi connectivity index (χ4n) is 3.16. The Kier molecular flexibility index (Phi) is 4.44. The van der Waals surface area contributed by atoms with Crippen molar-refractivity contribution in [2.75, 3.05) is 5.32 Å².